The van der Waals surface area contributed by atoms with E-state index in [9.17, 15) is 0 Å². The third-order valence-corrected chi connectivity index (χ3v) is 4.36. The molecule has 0 saturated heterocycles. The van der Waals surface area contributed by atoms with Crippen LogP contribution in [-0.4, -0.2) is 33.1 Å². The zero-order chi connectivity index (χ0) is 10.8. The molecule has 1 N–H and O–H groups in total. The number of amidine groups is 1. The van der Waals surface area contributed by atoms with Gasteiger partial charge >= 0.3 is 0 Å². The van der Waals surface area contributed by atoms with Crippen LogP contribution in [0.25, 0.3) is 0 Å². The predicted octanol–water partition coefficient (Wildman–Crippen LogP) is 1.35. The van der Waals surface area contributed by atoms with Crippen molar-refractivity contribution >= 4 is 16.9 Å². The van der Waals surface area contributed by atoms with E-state index in [4.69, 9.17) is 0 Å². The van der Waals surface area contributed by atoms with Crippen molar-refractivity contribution in [1.29, 1.82) is 0 Å². The Balaban J connectivity index is 1.39. The monoisotopic (exact) mass is 236 g/mol. The first-order valence-electron chi connectivity index (χ1n) is 5.82. The molecule has 0 radical (unpaired) electrons. The lowest BCUT2D eigenvalue weighted by molar-refractivity contribution is 0.675. The summed E-state index contributed by atoms with van der Waals surface area (Å²) >= 11 is 1.93. The molecule has 0 spiro atoms. The number of thioether (sulfide) groups is 1. The fourth-order valence-electron chi connectivity index (χ4n) is 1.91. The standard InChI is InChI=1S/C11H16N4S/c1-2-9(1)10-7-14-11(16-10)13-4-6-15-5-3-12-8-15/h3,5,8-10H,1-2,4,6-7H2,(H,13,14). The maximum atomic E-state index is 4.54. The minimum Gasteiger partial charge on any atom is -0.363 e. The minimum absolute atomic E-state index is 0.760. The van der Waals surface area contributed by atoms with Gasteiger partial charge in [-0.05, 0) is 18.8 Å². The van der Waals surface area contributed by atoms with Gasteiger partial charge in [0.05, 0.1) is 12.9 Å². The normalized spacial score (nSPS) is 24.5. The van der Waals surface area contributed by atoms with E-state index in [1.165, 1.54) is 12.8 Å². The van der Waals surface area contributed by atoms with Crippen molar-refractivity contribution < 1.29 is 0 Å². The lowest BCUT2D eigenvalue weighted by atomic mass is 10.3. The predicted molar refractivity (Wildman–Crippen MR) is 66.6 cm³/mol. The number of hydrogen-bond acceptors (Lipinski definition) is 4. The second-order valence-electron chi connectivity index (χ2n) is 4.37. The third-order valence-electron chi connectivity index (χ3n) is 3.03. The molecule has 0 amide bonds. The van der Waals surface area contributed by atoms with Gasteiger partial charge in [0.2, 0.25) is 0 Å². The van der Waals surface area contributed by atoms with E-state index < -0.39 is 0 Å². The Hall–Kier alpha value is -0.970. The summed E-state index contributed by atoms with van der Waals surface area (Å²) in [6, 6.07) is 0. The molecule has 3 rings (SSSR count). The summed E-state index contributed by atoms with van der Waals surface area (Å²) in [5.74, 6) is 0.946. The highest BCUT2D eigenvalue weighted by Gasteiger charge is 2.35. The molecular formula is C11H16N4S. The first-order chi connectivity index (χ1) is 7.92. The molecule has 86 valence electrons. The van der Waals surface area contributed by atoms with E-state index in [0.717, 1.165) is 36.0 Å². The summed E-state index contributed by atoms with van der Waals surface area (Å²) < 4.78 is 2.07. The van der Waals surface area contributed by atoms with Gasteiger partial charge in [-0.2, -0.15) is 0 Å². The summed E-state index contributed by atoms with van der Waals surface area (Å²) in [4.78, 5) is 8.56. The lowest BCUT2D eigenvalue weighted by Crippen LogP contribution is -2.24. The van der Waals surface area contributed by atoms with Crippen LogP contribution >= 0.6 is 11.8 Å². The number of imidazole rings is 1. The van der Waals surface area contributed by atoms with Crippen LogP contribution in [0.2, 0.25) is 0 Å². The maximum Gasteiger partial charge on any atom is 0.156 e. The average Bonchev–Trinajstić information content (AvgIpc) is 2.83. The van der Waals surface area contributed by atoms with Gasteiger partial charge in [-0.15, -0.1) is 0 Å². The summed E-state index contributed by atoms with van der Waals surface area (Å²) in [5.41, 5.74) is 0. The molecule has 1 atom stereocenters. The molecule has 5 heteroatoms. The number of hydrogen-bond donors (Lipinski definition) is 1. The van der Waals surface area contributed by atoms with Crippen LogP contribution < -0.4 is 5.32 Å². The number of nitrogens with zero attached hydrogens (tertiary/aromatic N) is 3. The first-order valence-corrected chi connectivity index (χ1v) is 6.70. The highest BCUT2D eigenvalue weighted by atomic mass is 32.2. The summed E-state index contributed by atoms with van der Waals surface area (Å²) in [5, 5.41) is 5.29. The molecule has 1 aromatic heterocycles. The van der Waals surface area contributed by atoms with Crippen molar-refractivity contribution in [3.63, 3.8) is 0 Å². The molecule has 1 fully saturated rings. The largest absolute Gasteiger partial charge is 0.363 e. The van der Waals surface area contributed by atoms with Gasteiger partial charge in [0.25, 0.3) is 0 Å². The van der Waals surface area contributed by atoms with Gasteiger partial charge in [0.15, 0.2) is 5.17 Å². The topological polar surface area (TPSA) is 42.2 Å². The Bertz CT molecular complexity index is 369. The van der Waals surface area contributed by atoms with Crippen molar-refractivity contribution in [2.45, 2.75) is 24.6 Å². The molecule has 1 aromatic rings. The highest BCUT2D eigenvalue weighted by Crippen LogP contribution is 2.41. The van der Waals surface area contributed by atoms with Crippen molar-refractivity contribution in [2.75, 3.05) is 13.1 Å². The molecule has 1 saturated carbocycles. The third kappa shape index (κ3) is 2.40. The van der Waals surface area contributed by atoms with E-state index >= 15 is 0 Å². The molecule has 2 aliphatic rings. The maximum absolute atomic E-state index is 4.54. The molecular weight excluding hydrogens is 220 g/mol. The molecule has 16 heavy (non-hydrogen) atoms. The van der Waals surface area contributed by atoms with Crippen molar-refractivity contribution in [1.82, 2.24) is 14.9 Å². The van der Waals surface area contributed by atoms with E-state index in [1.807, 2.05) is 30.5 Å². The van der Waals surface area contributed by atoms with Crippen LogP contribution in [-0.2, 0) is 6.54 Å². The number of rotatable bonds is 4. The van der Waals surface area contributed by atoms with Gasteiger partial charge < -0.3 is 9.88 Å². The lowest BCUT2D eigenvalue weighted by Gasteiger charge is -2.07. The van der Waals surface area contributed by atoms with Crippen molar-refractivity contribution in [2.24, 2.45) is 10.9 Å². The smallest absolute Gasteiger partial charge is 0.156 e. The van der Waals surface area contributed by atoms with Gasteiger partial charge in [0.1, 0.15) is 0 Å². The van der Waals surface area contributed by atoms with Crippen LogP contribution in [0.1, 0.15) is 12.8 Å². The first kappa shape index (κ1) is 10.2. The Morgan fingerprint density at radius 3 is 3.19 bits per heavy atom. The number of aromatic nitrogens is 2. The molecule has 0 bridgehead atoms. The average molecular weight is 236 g/mol. The SMILES string of the molecule is c1cn(CCNC2=NCC(C3CC3)S2)cn1. The quantitative estimate of drug-likeness (QED) is 0.858. The fraction of sp³-hybridized carbons (Fsp3) is 0.636. The van der Waals surface area contributed by atoms with Gasteiger partial charge in [-0.1, -0.05) is 11.8 Å². The zero-order valence-electron chi connectivity index (χ0n) is 9.17. The van der Waals surface area contributed by atoms with E-state index in [-0.39, 0.29) is 0 Å². The Morgan fingerprint density at radius 1 is 1.50 bits per heavy atom. The van der Waals surface area contributed by atoms with Crippen LogP contribution in [0, 0.1) is 5.92 Å². The van der Waals surface area contributed by atoms with Crippen LogP contribution in [0.4, 0.5) is 0 Å². The molecule has 0 aromatic carbocycles. The van der Waals surface area contributed by atoms with E-state index in [2.05, 4.69) is 19.9 Å². The van der Waals surface area contributed by atoms with Crippen LogP contribution in [0.5, 0.6) is 0 Å². The second-order valence-corrected chi connectivity index (χ2v) is 5.59. The fourth-order valence-corrected chi connectivity index (χ4v) is 3.15. The van der Waals surface area contributed by atoms with Gasteiger partial charge in [-0.25, -0.2) is 4.98 Å². The summed E-state index contributed by atoms with van der Waals surface area (Å²) in [6.07, 6.45) is 8.46. The van der Waals surface area contributed by atoms with E-state index in [0.29, 0.717) is 0 Å². The van der Waals surface area contributed by atoms with Gasteiger partial charge in [-0.3, -0.25) is 4.99 Å². The Morgan fingerprint density at radius 2 is 2.44 bits per heavy atom. The summed E-state index contributed by atoms with van der Waals surface area (Å²) in [6.45, 7) is 2.90. The molecule has 2 heterocycles. The van der Waals surface area contributed by atoms with Gasteiger partial charge in [0, 0.05) is 30.7 Å². The molecule has 1 aliphatic carbocycles. The highest BCUT2D eigenvalue weighted by molar-refractivity contribution is 8.14. The van der Waals surface area contributed by atoms with Crippen molar-refractivity contribution in [3.05, 3.63) is 18.7 Å². The Labute approximate surface area is 99.5 Å². The number of nitrogens with one attached hydrogen (secondary N) is 1. The van der Waals surface area contributed by atoms with Crippen LogP contribution in [0.15, 0.2) is 23.7 Å². The van der Waals surface area contributed by atoms with E-state index in [1.54, 1.807) is 0 Å². The molecule has 1 aliphatic heterocycles. The Kier molecular flexibility index (Phi) is 2.86. The zero-order valence-corrected chi connectivity index (χ0v) is 9.99. The molecule has 4 nitrogen and oxygen atoms in total. The molecule has 1 unspecified atom stereocenters. The number of aliphatic imine (C=N–C) groups is 1. The second kappa shape index (κ2) is 4.49. The van der Waals surface area contributed by atoms with Crippen LogP contribution in [0.3, 0.4) is 0 Å². The minimum atomic E-state index is 0.760. The van der Waals surface area contributed by atoms with Crippen molar-refractivity contribution in [3.8, 4) is 0 Å². The summed E-state index contributed by atoms with van der Waals surface area (Å²) in [7, 11) is 0.